The smallest absolute Gasteiger partial charge is 0.323 e. The number of para-hydroxylation sites is 2. The molecule has 0 aromatic heterocycles. The Morgan fingerprint density at radius 3 is 2.17 bits per heavy atom. The molecule has 3 N–H and O–H groups in total. The minimum Gasteiger partial charge on any atom is -0.495 e. The Kier molecular flexibility index (Phi) is 10.7. The maximum atomic E-state index is 13.5. The molecule has 0 radical (unpaired) electrons. The van der Waals surface area contributed by atoms with Crippen LogP contribution in [0.5, 0.6) is 5.75 Å². The zero-order valence-corrected chi connectivity index (χ0v) is 24.7. The van der Waals surface area contributed by atoms with Gasteiger partial charge in [-0.05, 0) is 61.6 Å². The average Bonchev–Trinajstić information content (AvgIpc) is 2.99. The van der Waals surface area contributed by atoms with Crippen LogP contribution < -0.4 is 30.5 Å². The Morgan fingerprint density at radius 2 is 1.51 bits per heavy atom. The van der Waals surface area contributed by atoms with Gasteiger partial charge in [-0.2, -0.15) is 0 Å². The van der Waals surface area contributed by atoms with E-state index in [9.17, 15) is 9.59 Å². The number of carbonyl (C=O) groups excluding carboxylic acids is 2. The number of nitrogens with one attached hydrogen (secondary N) is 3. The predicted molar refractivity (Wildman–Crippen MR) is 168 cm³/mol. The minimum absolute atomic E-state index is 0.168. The van der Waals surface area contributed by atoms with Crippen molar-refractivity contribution in [2.75, 3.05) is 79.9 Å². The number of carbonyl (C=O) groups is 2. The number of rotatable bonds is 11. The van der Waals surface area contributed by atoms with Crippen LogP contribution in [0, 0.1) is 0 Å². The van der Waals surface area contributed by atoms with E-state index in [2.05, 4.69) is 50.6 Å². The monoisotopic (exact) mass is 578 g/mol. The van der Waals surface area contributed by atoms with Gasteiger partial charge in [0.25, 0.3) is 5.91 Å². The summed E-state index contributed by atoms with van der Waals surface area (Å²) in [4.78, 5) is 33.0. The predicted octanol–water partition coefficient (Wildman–Crippen LogP) is 5.39. The molecule has 1 aliphatic rings. The molecule has 0 spiro atoms. The first-order valence-corrected chi connectivity index (χ1v) is 14.4. The number of methoxy groups -OCH3 is 1. The summed E-state index contributed by atoms with van der Waals surface area (Å²) in [5, 5.41) is 9.23. The van der Waals surface area contributed by atoms with Crippen molar-refractivity contribution < 1.29 is 14.3 Å². The number of halogens is 1. The van der Waals surface area contributed by atoms with Gasteiger partial charge in [-0.1, -0.05) is 43.6 Å². The second-order valence-electron chi connectivity index (χ2n) is 9.75. The fraction of sp³-hybridized carbons (Fsp3) is 0.355. The second kappa shape index (κ2) is 14.6. The number of urea groups is 1. The molecule has 3 aromatic carbocycles. The normalized spacial score (nSPS) is 13.2. The van der Waals surface area contributed by atoms with E-state index in [0.717, 1.165) is 62.9 Å². The van der Waals surface area contributed by atoms with Crippen LogP contribution in [0.3, 0.4) is 0 Å². The van der Waals surface area contributed by atoms with Gasteiger partial charge in [0.05, 0.1) is 18.4 Å². The van der Waals surface area contributed by atoms with Crippen LogP contribution in [0.1, 0.15) is 24.2 Å². The summed E-state index contributed by atoms with van der Waals surface area (Å²) in [6.45, 7) is 10.4. The molecule has 3 aromatic rings. The Morgan fingerprint density at radius 1 is 0.854 bits per heavy atom. The van der Waals surface area contributed by atoms with E-state index in [-0.39, 0.29) is 5.91 Å². The van der Waals surface area contributed by atoms with Gasteiger partial charge in [0.2, 0.25) is 0 Å². The van der Waals surface area contributed by atoms with E-state index in [1.54, 1.807) is 37.4 Å². The van der Waals surface area contributed by atoms with Crippen LogP contribution in [0.25, 0.3) is 0 Å². The molecule has 0 atom stereocenters. The van der Waals surface area contributed by atoms with Gasteiger partial charge in [-0.25, -0.2) is 4.79 Å². The topological polar surface area (TPSA) is 89.2 Å². The van der Waals surface area contributed by atoms with E-state index in [0.29, 0.717) is 28.5 Å². The third-order valence-electron chi connectivity index (χ3n) is 7.24. The van der Waals surface area contributed by atoms with Gasteiger partial charge in [0.1, 0.15) is 5.75 Å². The van der Waals surface area contributed by atoms with E-state index in [1.165, 1.54) is 0 Å². The fourth-order valence-electron chi connectivity index (χ4n) is 4.97. The summed E-state index contributed by atoms with van der Waals surface area (Å²) in [5.41, 5.74) is 3.53. The Hall–Kier alpha value is -3.95. The first kappa shape index (κ1) is 30.0. The van der Waals surface area contributed by atoms with Crippen molar-refractivity contribution in [2.24, 2.45) is 0 Å². The van der Waals surface area contributed by atoms with Crippen LogP contribution in [0.15, 0.2) is 66.7 Å². The van der Waals surface area contributed by atoms with Crippen molar-refractivity contribution >= 4 is 46.3 Å². The van der Waals surface area contributed by atoms with Crippen LogP contribution >= 0.6 is 11.6 Å². The number of piperazine rings is 1. The number of ether oxygens (including phenoxy) is 1. The summed E-state index contributed by atoms with van der Waals surface area (Å²) >= 11 is 6.04. The molecule has 0 aliphatic carbocycles. The van der Waals surface area contributed by atoms with Crippen LogP contribution in [-0.2, 0) is 0 Å². The molecule has 4 rings (SSSR count). The minimum atomic E-state index is -0.418. The lowest BCUT2D eigenvalue weighted by Gasteiger charge is -2.38. The molecule has 0 unspecified atom stereocenters. The van der Waals surface area contributed by atoms with Crippen molar-refractivity contribution in [1.82, 2.24) is 10.2 Å². The molecule has 0 saturated carbocycles. The Balaban J connectivity index is 1.50. The van der Waals surface area contributed by atoms with Crippen LogP contribution in [-0.4, -0.2) is 76.3 Å². The molecular weight excluding hydrogens is 540 g/mol. The molecule has 41 heavy (non-hydrogen) atoms. The third kappa shape index (κ3) is 8.05. The molecule has 10 heteroatoms. The highest BCUT2D eigenvalue weighted by Crippen LogP contribution is 2.31. The summed E-state index contributed by atoms with van der Waals surface area (Å²) in [6.07, 6.45) is 0. The zero-order chi connectivity index (χ0) is 29.2. The highest BCUT2D eigenvalue weighted by molar-refractivity contribution is 6.30. The van der Waals surface area contributed by atoms with Crippen molar-refractivity contribution in [3.63, 3.8) is 0 Å². The fourth-order valence-corrected chi connectivity index (χ4v) is 5.16. The van der Waals surface area contributed by atoms with E-state index in [4.69, 9.17) is 16.3 Å². The van der Waals surface area contributed by atoms with Crippen molar-refractivity contribution in [3.8, 4) is 5.75 Å². The lowest BCUT2D eigenvalue weighted by atomic mass is 10.1. The molecular formula is C31H39ClN6O3. The number of amides is 3. The highest BCUT2D eigenvalue weighted by Gasteiger charge is 2.24. The maximum absolute atomic E-state index is 13.5. The number of anilines is 4. The van der Waals surface area contributed by atoms with Gasteiger partial charge in [-0.3, -0.25) is 4.79 Å². The number of benzene rings is 3. The molecule has 1 aliphatic heterocycles. The number of likely N-dealkylation sites (N-methyl/N-ethyl adjacent to an activating group) is 1. The molecule has 9 nitrogen and oxygen atoms in total. The average molecular weight is 579 g/mol. The van der Waals surface area contributed by atoms with Gasteiger partial charge in [0, 0.05) is 61.4 Å². The molecule has 218 valence electrons. The molecule has 3 amide bonds. The van der Waals surface area contributed by atoms with Crippen LogP contribution in [0.4, 0.5) is 27.5 Å². The van der Waals surface area contributed by atoms with Crippen LogP contribution in [0.2, 0.25) is 5.02 Å². The number of hydrogen-bond acceptors (Lipinski definition) is 6. The summed E-state index contributed by atoms with van der Waals surface area (Å²) in [6, 6.07) is 20.0. The Labute approximate surface area is 247 Å². The van der Waals surface area contributed by atoms with E-state index < -0.39 is 6.03 Å². The quantitative estimate of drug-likeness (QED) is 0.283. The highest BCUT2D eigenvalue weighted by atomic mass is 35.5. The van der Waals surface area contributed by atoms with Gasteiger partial charge in [0.15, 0.2) is 0 Å². The largest absolute Gasteiger partial charge is 0.495 e. The molecule has 1 heterocycles. The van der Waals surface area contributed by atoms with Crippen molar-refractivity contribution in [2.45, 2.75) is 13.8 Å². The lowest BCUT2D eigenvalue weighted by molar-refractivity contribution is 0.0949. The summed E-state index contributed by atoms with van der Waals surface area (Å²) < 4.78 is 5.56. The SMILES string of the molecule is CCN(CC)CCNC(=O)c1cc(NC(=O)Nc2cccc(Cl)c2)ccc1N1CCN(c2ccccc2OC)CC1. The first-order chi connectivity index (χ1) is 19.9. The van der Waals surface area contributed by atoms with Crippen molar-refractivity contribution in [1.29, 1.82) is 0 Å². The third-order valence-corrected chi connectivity index (χ3v) is 7.47. The number of hydrogen-bond donors (Lipinski definition) is 3. The maximum Gasteiger partial charge on any atom is 0.323 e. The number of nitrogens with zero attached hydrogens (tertiary/aromatic N) is 3. The van der Waals surface area contributed by atoms with Crippen molar-refractivity contribution in [3.05, 3.63) is 77.3 Å². The Bertz CT molecular complexity index is 1320. The summed E-state index contributed by atoms with van der Waals surface area (Å²) in [7, 11) is 1.69. The molecule has 1 saturated heterocycles. The molecule has 0 bridgehead atoms. The van der Waals surface area contributed by atoms with Gasteiger partial charge >= 0.3 is 6.03 Å². The zero-order valence-electron chi connectivity index (χ0n) is 24.0. The first-order valence-electron chi connectivity index (χ1n) is 14.0. The molecule has 1 fully saturated rings. The van der Waals surface area contributed by atoms with Gasteiger partial charge in [-0.15, -0.1) is 0 Å². The second-order valence-corrected chi connectivity index (χ2v) is 10.2. The van der Waals surface area contributed by atoms with E-state index in [1.807, 2.05) is 30.3 Å². The van der Waals surface area contributed by atoms with E-state index >= 15 is 0 Å². The summed E-state index contributed by atoms with van der Waals surface area (Å²) in [5.74, 6) is 0.680. The lowest BCUT2D eigenvalue weighted by Crippen LogP contribution is -2.47. The standard InChI is InChI=1S/C31H39ClN6O3/c1-4-36(5-2)16-15-33-30(39)26-22-25(35-31(40)34-24-10-8-9-23(32)21-24)13-14-27(26)37-17-19-38(20-18-37)28-11-6-7-12-29(28)41-3/h6-14,21-22H,4-5,15-20H2,1-3H3,(H,33,39)(H2,34,35,40). The van der Waals surface area contributed by atoms with Gasteiger partial charge < -0.3 is 35.4 Å².